The highest BCUT2D eigenvalue weighted by Gasteiger charge is 2.09. The summed E-state index contributed by atoms with van der Waals surface area (Å²) in [4.78, 5) is 11.6. The zero-order chi connectivity index (χ0) is 13.4. The van der Waals surface area contributed by atoms with Gasteiger partial charge < -0.3 is 14.6 Å². The lowest BCUT2D eigenvalue weighted by Gasteiger charge is -2.06. The van der Waals surface area contributed by atoms with Gasteiger partial charge in [-0.1, -0.05) is 12.1 Å². The molecule has 0 aliphatic rings. The zero-order valence-corrected chi connectivity index (χ0v) is 9.83. The molecule has 1 aromatic heterocycles. The second-order valence-corrected chi connectivity index (χ2v) is 4.21. The van der Waals surface area contributed by atoms with Gasteiger partial charge in [-0.25, -0.2) is 4.79 Å². The fourth-order valence-corrected chi connectivity index (χ4v) is 2.04. The Morgan fingerprint density at radius 3 is 2.26 bits per heavy atom. The van der Waals surface area contributed by atoms with Crippen LogP contribution < -0.4 is 5.63 Å². The topological polar surface area (TPSA) is 70.7 Å². The fourth-order valence-electron chi connectivity index (χ4n) is 2.04. The van der Waals surface area contributed by atoms with Crippen molar-refractivity contribution in [3.05, 3.63) is 59.1 Å². The van der Waals surface area contributed by atoms with Gasteiger partial charge in [0.25, 0.3) is 0 Å². The molecule has 19 heavy (non-hydrogen) atoms. The smallest absolute Gasteiger partial charge is 0.343 e. The summed E-state index contributed by atoms with van der Waals surface area (Å²) < 4.78 is 5.00. The summed E-state index contributed by atoms with van der Waals surface area (Å²) in [5, 5.41) is 19.9. The maximum atomic E-state index is 11.6. The van der Waals surface area contributed by atoms with E-state index in [9.17, 15) is 15.0 Å². The Labute approximate surface area is 108 Å². The Kier molecular flexibility index (Phi) is 2.49. The molecule has 0 spiro atoms. The van der Waals surface area contributed by atoms with Gasteiger partial charge in [-0.2, -0.15) is 0 Å². The highest BCUT2D eigenvalue weighted by Crippen LogP contribution is 2.30. The minimum atomic E-state index is -0.447. The van der Waals surface area contributed by atoms with Gasteiger partial charge in [0, 0.05) is 10.9 Å². The van der Waals surface area contributed by atoms with Crippen molar-refractivity contribution in [2.75, 3.05) is 0 Å². The van der Waals surface area contributed by atoms with Crippen LogP contribution in [0.2, 0.25) is 0 Å². The molecule has 0 aliphatic carbocycles. The summed E-state index contributed by atoms with van der Waals surface area (Å²) in [5.74, 6) is 0.242. The lowest BCUT2D eigenvalue weighted by atomic mass is 10.0. The van der Waals surface area contributed by atoms with Crippen molar-refractivity contribution in [1.29, 1.82) is 0 Å². The van der Waals surface area contributed by atoms with Crippen LogP contribution in [0.15, 0.2) is 57.9 Å². The summed E-state index contributed by atoms with van der Waals surface area (Å²) in [5.41, 5.74) is 1.03. The summed E-state index contributed by atoms with van der Waals surface area (Å²) >= 11 is 0. The average Bonchev–Trinajstić information content (AvgIpc) is 2.40. The number of phenolic OH excluding ortho intramolecular Hbond substituents is 2. The molecule has 1 heterocycles. The van der Waals surface area contributed by atoms with Crippen LogP contribution in [0.25, 0.3) is 21.9 Å². The van der Waals surface area contributed by atoms with Crippen molar-refractivity contribution in [3.8, 4) is 22.6 Å². The predicted molar refractivity (Wildman–Crippen MR) is 71.2 cm³/mol. The van der Waals surface area contributed by atoms with Crippen molar-refractivity contribution < 1.29 is 14.6 Å². The van der Waals surface area contributed by atoms with Gasteiger partial charge in [-0.05, 0) is 35.9 Å². The van der Waals surface area contributed by atoms with E-state index < -0.39 is 5.63 Å². The fraction of sp³-hybridized carbons (Fsp3) is 0. The minimum Gasteiger partial charge on any atom is -0.508 e. The first-order valence-corrected chi connectivity index (χ1v) is 5.69. The number of fused-ring (bicyclic) bond motifs is 1. The van der Waals surface area contributed by atoms with Gasteiger partial charge in [-0.3, -0.25) is 0 Å². The number of hydrogen-bond acceptors (Lipinski definition) is 4. The van der Waals surface area contributed by atoms with Gasteiger partial charge in [-0.15, -0.1) is 0 Å². The summed E-state index contributed by atoms with van der Waals surface area (Å²) in [7, 11) is 0. The molecule has 0 atom stereocenters. The number of hydrogen-bond donors (Lipinski definition) is 2. The van der Waals surface area contributed by atoms with E-state index in [4.69, 9.17) is 4.42 Å². The highest BCUT2D eigenvalue weighted by atomic mass is 16.4. The van der Waals surface area contributed by atoms with Crippen LogP contribution in [0.4, 0.5) is 0 Å². The molecule has 94 valence electrons. The number of phenols is 2. The quantitative estimate of drug-likeness (QED) is 0.700. The van der Waals surface area contributed by atoms with E-state index in [1.54, 1.807) is 24.3 Å². The van der Waals surface area contributed by atoms with Gasteiger partial charge in [0.2, 0.25) is 0 Å². The molecule has 2 N–H and O–H groups in total. The normalized spacial score (nSPS) is 10.7. The number of rotatable bonds is 1. The number of aromatic hydroxyl groups is 2. The molecule has 4 nitrogen and oxygen atoms in total. The van der Waals surface area contributed by atoms with Gasteiger partial charge in [0.05, 0.1) is 5.39 Å². The third-order valence-electron chi connectivity index (χ3n) is 2.98. The predicted octanol–water partition coefficient (Wildman–Crippen LogP) is 2.87. The van der Waals surface area contributed by atoms with E-state index in [2.05, 4.69) is 0 Å². The first kappa shape index (κ1) is 11.3. The molecule has 0 fully saturated rings. The second-order valence-electron chi connectivity index (χ2n) is 4.21. The third-order valence-corrected chi connectivity index (χ3v) is 2.98. The Morgan fingerprint density at radius 1 is 0.842 bits per heavy atom. The standard InChI is InChI=1S/C15H10O4/c16-10-3-1-9(2-4-10)14-8-19-15(18)12-6-5-11(17)7-13(12)14/h1-8,16-17H. The van der Waals surface area contributed by atoms with Gasteiger partial charge in [0.15, 0.2) is 0 Å². The first-order chi connectivity index (χ1) is 9.15. The first-order valence-electron chi connectivity index (χ1n) is 5.69. The molecule has 0 amide bonds. The molecule has 0 unspecified atom stereocenters. The lowest BCUT2D eigenvalue weighted by Crippen LogP contribution is -1.99. The molecular formula is C15H10O4. The summed E-state index contributed by atoms with van der Waals surface area (Å²) in [6.45, 7) is 0. The Morgan fingerprint density at radius 2 is 1.53 bits per heavy atom. The van der Waals surface area contributed by atoms with Crippen LogP contribution in [0.3, 0.4) is 0 Å². The van der Waals surface area contributed by atoms with E-state index in [1.165, 1.54) is 24.5 Å². The van der Waals surface area contributed by atoms with Crippen molar-refractivity contribution in [1.82, 2.24) is 0 Å². The Hall–Kier alpha value is -2.75. The molecule has 4 heteroatoms. The number of benzene rings is 2. The SMILES string of the molecule is O=c1occ(-c2ccc(O)cc2)c2cc(O)ccc12. The van der Waals surface area contributed by atoms with Crippen LogP contribution in [-0.4, -0.2) is 10.2 Å². The zero-order valence-electron chi connectivity index (χ0n) is 9.83. The van der Waals surface area contributed by atoms with Gasteiger partial charge >= 0.3 is 5.63 Å². The monoisotopic (exact) mass is 254 g/mol. The van der Waals surface area contributed by atoms with E-state index in [0.717, 1.165) is 5.56 Å². The van der Waals surface area contributed by atoms with Crippen LogP contribution in [-0.2, 0) is 0 Å². The van der Waals surface area contributed by atoms with E-state index in [1.807, 2.05) is 0 Å². The van der Waals surface area contributed by atoms with Crippen molar-refractivity contribution in [3.63, 3.8) is 0 Å². The summed E-state index contributed by atoms with van der Waals surface area (Å²) in [6.07, 6.45) is 1.36. The van der Waals surface area contributed by atoms with Crippen molar-refractivity contribution in [2.24, 2.45) is 0 Å². The van der Waals surface area contributed by atoms with Crippen LogP contribution in [0.5, 0.6) is 11.5 Å². The van der Waals surface area contributed by atoms with E-state index in [0.29, 0.717) is 16.3 Å². The molecule has 0 radical (unpaired) electrons. The van der Waals surface area contributed by atoms with Crippen molar-refractivity contribution in [2.45, 2.75) is 0 Å². The maximum Gasteiger partial charge on any atom is 0.343 e. The van der Waals surface area contributed by atoms with E-state index in [-0.39, 0.29) is 11.5 Å². The lowest BCUT2D eigenvalue weighted by molar-refractivity contribution is 0.474. The molecule has 3 rings (SSSR count). The molecule has 0 saturated heterocycles. The Bertz CT molecular complexity index is 800. The molecule has 3 aromatic rings. The maximum absolute atomic E-state index is 11.6. The molecule has 0 aliphatic heterocycles. The highest BCUT2D eigenvalue weighted by molar-refractivity contribution is 5.96. The second kappa shape index (κ2) is 4.17. The van der Waals surface area contributed by atoms with Crippen LogP contribution in [0.1, 0.15) is 0 Å². The molecule has 2 aromatic carbocycles. The van der Waals surface area contributed by atoms with E-state index >= 15 is 0 Å². The average molecular weight is 254 g/mol. The largest absolute Gasteiger partial charge is 0.508 e. The minimum absolute atomic E-state index is 0.0816. The molecule has 0 bridgehead atoms. The van der Waals surface area contributed by atoms with Gasteiger partial charge in [0.1, 0.15) is 17.8 Å². The third kappa shape index (κ3) is 1.93. The Balaban J connectivity index is 2.35. The van der Waals surface area contributed by atoms with Crippen LogP contribution in [0, 0.1) is 0 Å². The van der Waals surface area contributed by atoms with Crippen molar-refractivity contribution >= 4 is 10.8 Å². The summed E-state index contributed by atoms with van der Waals surface area (Å²) in [6, 6.07) is 11.0. The molecular weight excluding hydrogens is 244 g/mol. The van der Waals surface area contributed by atoms with Crippen LogP contribution >= 0.6 is 0 Å². The molecule has 0 saturated carbocycles.